The fourth-order valence-corrected chi connectivity index (χ4v) is 5.92. The van der Waals surface area contributed by atoms with E-state index in [2.05, 4.69) is 4.99 Å². The number of hydrogen-bond acceptors (Lipinski definition) is 7. The number of thiazole rings is 1. The minimum Gasteiger partial charge on any atom is -0.463 e. The second kappa shape index (κ2) is 10.6. The smallest absolute Gasteiger partial charge is 0.338 e. The predicted molar refractivity (Wildman–Crippen MR) is 148 cm³/mol. The molecule has 0 radical (unpaired) electrons. The van der Waals surface area contributed by atoms with Crippen molar-refractivity contribution in [3.8, 4) is 11.3 Å². The molecule has 6 nitrogen and oxygen atoms in total. The molecule has 0 aliphatic carbocycles. The number of ether oxygens (including phenoxy) is 1. The molecule has 0 saturated carbocycles. The molecule has 188 valence electrons. The van der Waals surface area contributed by atoms with Gasteiger partial charge in [0.05, 0.1) is 33.5 Å². The van der Waals surface area contributed by atoms with Crippen LogP contribution in [0.5, 0.6) is 0 Å². The van der Waals surface area contributed by atoms with Crippen molar-refractivity contribution in [3.05, 3.63) is 108 Å². The Kier molecular flexibility index (Phi) is 7.24. The van der Waals surface area contributed by atoms with Crippen molar-refractivity contribution in [2.45, 2.75) is 24.8 Å². The first-order valence-corrected chi connectivity index (χ1v) is 14.0. The molecule has 0 bridgehead atoms. The van der Waals surface area contributed by atoms with E-state index in [9.17, 15) is 9.59 Å². The molecule has 2 aromatic heterocycles. The van der Waals surface area contributed by atoms with E-state index in [0.29, 0.717) is 37.1 Å². The van der Waals surface area contributed by atoms with E-state index in [0.717, 1.165) is 16.0 Å². The molecule has 1 unspecified atom stereocenters. The first kappa shape index (κ1) is 25.3. The molecular weight excluding hydrogens is 528 g/mol. The highest BCUT2D eigenvalue weighted by Gasteiger charge is 2.33. The molecule has 0 saturated heterocycles. The van der Waals surface area contributed by atoms with E-state index in [1.54, 1.807) is 48.4 Å². The molecule has 1 atom stereocenters. The van der Waals surface area contributed by atoms with E-state index in [1.165, 1.54) is 11.3 Å². The van der Waals surface area contributed by atoms with Crippen molar-refractivity contribution in [1.82, 2.24) is 4.57 Å². The maximum absolute atomic E-state index is 13.7. The minimum absolute atomic E-state index is 0.227. The van der Waals surface area contributed by atoms with Crippen LogP contribution in [0.2, 0.25) is 5.02 Å². The number of aromatic nitrogens is 1. The van der Waals surface area contributed by atoms with Gasteiger partial charge in [-0.3, -0.25) is 9.36 Å². The summed E-state index contributed by atoms with van der Waals surface area (Å²) < 4.78 is 13.4. The number of nitrogens with zero attached hydrogens (tertiary/aromatic N) is 2. The van der Waals surface area contributed by atoms with Gasteiger partial charge in [-0.25, -0.2) is 9.79 Å². The lowest BCUT2D eigenvalue weighted by Crippen LogP contribution is -2.39. The van der Waals surface area contributed by atoms with Crippen LogP contribution >= 0.6 is 34.7 Å². The lowest BCUT2D eigenvalue weighted by atomic mass is 9.96. The monoisotopic (exact) mass is 550 g/mol. The summed E-state index contributed by atoms with van der Waals surface area (Å²) in [5, 5.41) is 0.581. The lowest BCUT2D eigenvalue weighted by molar-refractivity contribution is -0.139. The zero-order valence-electron chi connectivity index (χ0n) is 20.4. The molecule has 37 heavy (non-hydrogen) atoms. The Hall–Kier alpha value is -3.33. The molecule has 5 rings (SSSR count). The molecule has 0 N–H and O–H groups in total. The number of rotatable bonds is 6. The molecule has 1 aliphatic heterocycles. The Bertz CT molecular complexity index is 1700. The average molecular weight is 551 g/mol. The fourth-order valence-electron chi connectivity index (χ4n) is 4.26. The topological polar surface area (TPSA) is 73.8 Å². The number of carbonyl (C=O) groups is 1. The number of benzene rings is 2. The summed E-state index contributed by atoms with van der Waals surface area (Å²) in [6.45, 7) is 3.75. The first-order valence-electron chi connectivity index (χ1n) is 11.6. The summed E-state index contributed by atoms with van der Waals surface area (Å²) in [6, 6.07) is 18.2. The quantitative estimate of drug-likeness (QED) is 0.236. The Morgan fingerprint density at radius 2 is 1.95 bits per heavy atom. The number of furan rings is 1. The van der Waals surface area contributed by atoms with Gasteiger partial charge in [-0.2, -0.15) is 0 Å². The van der Waals surface area contributed by atoms with Gasteiger partial charge in [0.1, 0.15) is 11.5 Å². The van der Waals surface area contributed by atoms with Crippen LogP contribution in [-0.2, 0) is 9.53 Å². The van der Waals surface area contributed by atoms with Crippen molar-refractivity contribution >= 4 is 46.7 Å². The number of fused-ring (bicyclic) bond motifs is 1. The molecular formula is C28H23ClN2O4S2. The Balaban J connectivity index is 1.64. The summed E-state index contributed by atoms with van der Waals surface area (Å²) in [5.74, 6) is 0.645. The zero-order valence-corrected chi connectivity index (χ0v) is 22.7. The molecule has 9 heteroatoms. The highest BCUT2D eigenvalue weighted by molar-refractivity contribution is 7.98. The maximum Gasteiger partial charge on any atom is 0.338 e. The highest BCUT2D eigenvalue weighted by atomic mass is 35.5. The van der Waals surface area contributed by atoms with Gasteiger partial charge in [-0.15, -0.1) is 11.8 Å². The SMILES string of the molecule is CCOC(=O)C1=C(C)N=c2sc(=Cc3ccc(-c4ccccc4Cl)o3)c(=O)n2C1c1ccc(SC)cc1. The zero-order chi connectivity index (χ0) is 26.1. The second-order valence-corrected chi connectivity index (χ2v) is 10.6. The largest absolute Gasteiger partial charge is 0.463 e. The van der Waals surface area contributed by atoms with Crippen molar-refractivity contribution in [1.29, 1.82) is 0 Å². The summed E-state index contributed by atoms with van der Waals surface area (Å²) in [5.41, 5.74) is 2.21. The van der Waals surface area contributed by atoms with E-state index in [4.69, 9.17) is 20.8 Å². The third-order valence-corrected chi connectivity index (χ3v) is 8.04. The third kappa shape index (κ3) is 4.84. The van der Waals surface area contributed by atoms with Crippen molar-refractivity contribution in [2.24, 2.45) is 4.99 Å². The summed E-state index contributed by atoms with van der Waals surface area (Å²) in [4.78, 5) is 33.0. The van der Waals surface area contributed by atoms with Crippen molar-refractivity contribution in [2.75, 3.05) is 12.9 Å². The van der Waals surface area contributed by atoms with Gasteiger partial charge >= 0.3 is 5.97 Å². The minimum atomic E-state index is -0.649. The number of carbonyl (C=O) groups excluding carboxylic acids is 1. The fraction of sp³-hybridized carbons (Fsp3) is 0.179. The van der Waals surface area contributed by atoms with Crippen LogP contribution in [0.25, 0.3) is 17.4 Å². The van der Waals surface area contributed by atoms with Crippen molar-refractivity contribution < 1.29 is 13.9 Å². The van der Waals surface area contributed by atoms with Gasteiger partial charge in [-0.05, 0) is 62.1 Å². The van der Waals surface area contributed by atoms with Gasteiger partial charge in [0, 0.05) is 16.5 Å². The normalized spacial score (nSPS) is 15.5. The van der Waals surface area contributed by atoms with Crippen LogP contribution in [0, 0.1) is 0 Å². The number of thioether (sulfide) groups is 1. The molecule has 0 amide bonds. The molecule has 4 aromatic rings. The van der Waals surface area contributed by atoms with Crippen LogP contribution in [-0.4, -0.2) is 23.4 Å². The first-order chi connectivity index (χ1) is 17.9. The van der Waals surface area contributed by atoms with Crippen LogP contribution in [0.3, 0.4) is 0 Å². The molecule has 3 heterocycles. The van der Waals surface area contributed by atoms with Gasteiger partial charge in [0.15, 0.2) is 4.80 Å². The number of allylic oxidation sites excluding steroid dienone is 1. The van der Waals surface area contributed by atoms with E-state index >= 15 is 0 Å². The second-order valence-electron chi connectivity index (χ2n) is 8.26. The van der Waals surface area contributed by atoms with E-state index in [-0.39, 0.29) is 12.2 Å². The lowest BCUT2D eigenvalue weighted by Gasteiger charge is -2.24. The summed E-state index contributed by atoms with van der Waals surface area (Å²) in [6.07, 6.45) is 3.69. The van der Waals surface area contributed by atoms with Gasteiger partial charge in [0.25, 0.3) is 5.56 Å². The standard InChI is InChI=1S/C28H23ClN2O4S2/c1-4-34-27(33)24-16(2)30-28-31(25(24)17-9-12-19(36-3)13-10-17)26(32)23(37-28)15-18-11-14-22(35-18)20-7-5-6-8-21(20)29/h5-15,25H,4H2,1-3H3. The van der Waals surface area contributed by atoms with Gasteiger partial charge < -0.3 is 9.15 Å². The molecule has 2 aromatic carbocycles. The van der Waals surface area contributed by atoms with Crippen molar-refractivity contribution in [3.63, 3.8) is 0 Å². The predicted octanol–water partition coefficient (Wildman–Crippen LogP) is 5.43. The number of hydrogen-bond donors (Lipinski definition) is 0. The average Bonchev–Trinajstić information content (AvgIpc) is 3.48. The molecule has 0 fully saturated rings. The number of halogens is 1. The number of esters is 1. The summed E-state index contributed by atoms with van der Waals surface area (Å²) >= 11 is 9.19. The van der Waals surface area contributed by atoms with E-state index < -0.39 is 12.0 Å². The van der Waals surface area contributed by atoms with Gasteiger partial charge in [0.2, 0.25) is 0 Å². The van der Waals surface area contributed by atoms with Crippen LogP contribution in [0.1, 0.15) is 31.2 Å². The van der Waals surface area contributed by atoms with Crippen LogP contribution in [0.4, 0.5) is 0 Å². The summed E-state index contributed by atoms with van der Waals surface area (Å²) in [7, 11) is 0. The van der Waals surface area contributed by atoms with Gasteiger partial charge in [-0.1, -0.05) is 47.2 Å². The van der Waals surface area contributed by atoms with E-state index in [1.807, 2.05) is 54.8 Å². The van der Waals surface area contributed by atoms with Crippen LogP contribution < -0.4 is 14.9 Å². The van der Waals surface area contributed by atoms with Crippen LogP contribution in [0.15, 0.2) is 91.0 Å². The Morgan fingerprint density at radius 1 is 1.19 bits per heavy atom. The Morgan fingerprint density at radius 3 is 2.65 bits per heavy atom. The third-order valence-electron chi connectivity index (χ3n) is 5.99. The Labute approximate surface area is 226 Å². The molecule has 0 spiro atoms. The molecule has 1 aliphatic rings. The highest BCUT2D eigenvalue weighted by Crippen LogP contribution is 2.32. The maximum atomic E-state index is 13.7.